The van der Waals surface area contributed by atoms with Gasteiger partial charge in [0.1, 0.15) is 0 Å². The highest BCUT2D eigenvalue weighted by Crippen LogP contribution is 2.22. The molecule has 1 N–H and O–H groups in total. The van der Waals surface area contributed by atoms with Crippen molar-refractivity contribution in [2.45, 2.75) is 19.1 Å². The fourth-order valence-electron chi connectivity index (χ4n) is 3.28. The maximum Gasteiger partial charge on any atom is 0.185 e. The van der Waals surface area contributed by atoms with Crippen LogP contribution in [0.1, 0.15) is 6.92 Å². The second-order valence-corrected chi connectivity index (χ2v) is 7.06. The Hall–Kier alpha value is -0.730. The number of thiazole rings is 1. The Kier molecular flexibility index (Phi) is 5.65. The van der Waals surface area contributed by atoms with Gasteiger partial charge < -0.3 is 14.7 Å². The Morgan fingerprint density at radius 3 is 2.73 bits per heavy atom. The van der Waals surface area contributed by atoms with Gasteiger partial charge in [-0.3, -0.25) is 9.80 Å². The second-order valence-electron chi connectivity index (χ2n) is 6.18. The van der Waals surface area contributed by atoms with Crippen LogP contribution >= 0.6 is 11.3 Å². The molecular weight excluding hydrogens is 300 g/mol. The van der Waals surface area contributed by atoms with Crippen molar-refractivity contribution in [1.29, 1.82) is 0 Å². The van der Waals surface area contributed by atoms with Crippen molar-refractivity contribution in [3.05, 3.63) is 11.6 Å². The zero-order valence-corrected chi connectivity index (χ0v) is 14.0. The van der Waals surface area contributed by atoms with Crippen LogP contribution in [0.2, 0.25) is 0 Å². The van der Waals surface area contributed by atoms with Gasteiger partial charge in [-0.15, -0.1) is 11.3 Å². The summed E-state index contributed by atoms with van der Waals surface area (Å²) in [5.41, 5.74) is 0. The molecule has 3 rings (SSSR count). The minimum absolute atomic E-state index is 0.281. The van der Waals surface area contributed by atoms with Crippen LogP contribution in [0.4, 0.5) is 5.13 Å². The quantitative estimate of drug-likeness (QED) is 0.842. The molecule has 124 valence electrons. The summed E-state index contributed by atoms with van der Waals surface area (Å²) in [7, 11) is 0. The number of aliphatic hydroxyl groups is 1. The smallest absolute Gasteiger partial charge is 0.185 e. The number of nitrogens with zero attached hydrogens (tertiary/aromatic N) is 4. The van der Waals surface area contributed by atoms with E-state index in [9.17, 15) is 5.11 Å². The van der Waals surface area contributed by atoms with Crippen LogP contribution < -0.4 is 4.90 Å². The van der Waals surface area contributed by atoms with Crippen LogP contribution in [0, 0.1) is 0 Å². The molecule has 0 amide bonds. The van der Waals surface area contributed by atoms with Crippen LogP contribution in [-0.2, 0) is 4.74 Å². The summed E-state index contributed by atoms with van der Waals surface area (Å²) in [5, 5.41) is 13.5. The molecule has 2 aliphatic heterocycles. The topological polar surface area (TPSA) is 52.1 Å². The lowest BCUT2D eigenvalue weighted by molar-refractivity contribution is 0.00572. The highest BCUT2D eigenvalue weighted by atomic mass is 32.1. The zero-order chi connectivity index (χ0) is 15.4. The number of piperazine rings is 1. The second kappa shape index (κ2) is 7.70. The maximum atomic E-state index is 10.3. The van der Waals surface area contributed by atoms with Crippen molar-refractivity contribution >= 4 is 16.5 Å². The van der Waals surface area contributed by atoms with Crippen molar-refractivity contribution < 1.29 is 9.84 Å². The van der Waals surface area contributed by atoms with E-state index in [2.05, 4.69) is 26.6 Å². The van der Waals surface area contributed by atoms with Gasteiger partial charge in [-0.25, -0.2) is 4.98 Å². The number of anilines is 1. The summed E-state index contributed by atoms with van der Waals surface area (Å²) in [6, 6.07) is 0.440. The highest BCUT2D eigenvalue weighted by Gasteiger charge is 2.27. The monoisotopic (exact) mass is 326 g/mol. The molecule has 3 heterocycles. The predicted octanol–water partition coefficient (Wildman–Crippen LogP) is 0.347. The average molecular weight is 326 g/mol. The first-order valence-electron chi connectivity index (χ1n) is 8.09. The fraction of sp³-hybridized carbons (Fsp3) is 0.800. The number of aliphatic hydroxyl groups excluding tert-OH is 1. The van der Waals surface area contributed by atoms with Gasteiger partial charge in [0.25, 0.3) is 0 Å². The van der Waals surface area contributed by atoms with E-state index in [1.807, 2.05) is 11.6 Å². The van der Waals surface area contributed by atoms with Gasteiger partial charge in [-0.2, -0.15) is 0 Å². The summed E-state index contributed by atoms with van der Waals surface area (Å²) >= 11 is 1.70. The lowest BCUT2D eigenvalue weighted by Gasteiger charge is -2.40. The number of hydrogen-bond acceptors (Lipinski definition) is 7. The van der Waals surface area contributed by atoms with Gasteiger partial charge in [-0.1, -0.05) is 0 Å². The third kappa shape index (κ3) is 4.17. The largest absolute Gasteiger partial charge is 0.390 e. The molecule has 7 heteroatoms. The van der Waals surface area contributed by atoms with Gasteiger partial charge in [-0.05, 0) is 6.92 Å². The number of aromatic nitrogens is 1. The molecule has 0 spiro atoms. The third-order valence-corrected chi connectivity index (χ3v) is 5.23. The molecule has 0 unspecified atom stereocenters. The van der Waals surface area contributed by atoms with Crippen LogP contribution in [0.3, 0.4) is 0 Å². The maximum absolute atomic E-state index is 10.3. The predicted molar refractivity (Wildman–Crippen MR) is 88.6 cm³/mol. The van der Waals surface area contributed by atoms with Gasteiger partial charge >= 0.3 is 0 Å². The van der Waals surface area contributed by atoms with E-state index >= 15 is 0 Å². The summed E-state index contributed by atoms with van der Waals surface area (Å²) in [4.78, 5) is 11.5. The minimum Gasteiger partial charge on any atom is -0.390 e. The summed E-state index contributed by atoms with van der Waals surface area (Å²) in [6.45, 7) is 10.2. The van der Waals surface area contributed by atoms with Crippen LogP contribution in [0.25, 0.3) is 0 Å². The minimum atomic E-state index is -0.281. The van der Waals surface area contributed by atoms with E-state index in [0.29, 0.717) is 6.04 Å². The Morgan fingerprint density at radius 2 is 2.05 bits per heavy atom. The molecule has 2 atom stereocenters. The summed E-state index contributed by atoms with van der Waals surface area (Å²) in [5.74, 6) is 0. The van der Waals surface area contributed by atoms with Crippen molar-refractivity contribution in [3.8, 4) is 0 Å². The molecule has 1 aromatic rings. The third-order valence-electron chi connectivity index (χ3n) is 4.42. The van der Waals surface area contributed by atoms with E-state index in [4.69, 9.17) is 4.74 Å². The normalized spacial score (nSPS) is 26.3. The fourth-order valence-corrected chi connectivity index (χ4v) is 4.05. The molecule has 2 fully saturated rings. The zero-order valence-electron chi connectivity index (χ0n) is 13.2. The number of β-amino-alcohol motifs (C(OH)–C–C–N with tert-alkyl or cyclic N) is 1. The Labute approximate surface area is 136 Å². The number of morpholine rings is 1. The van der Waals surface area contributed by atoms with Crippen molar-refractivity contribution in [3.63, 3.8) is 0 Å². The van der Waals surface area contributed by atoms with Gasteiger partial charge in [0.2, 0.25) is 0 Å². The van der Waals surface area contributed by atoms with Crippen molar-refractivity contribution in [1.82, 2.24) is 14.8 Å². The molecule has 2 aliphatic rings. The highest BCUT2D eigenvalue weighted by molar-refractivity contribution is 7.13. The average Bonchev–Trinajstić information content (AvgIpc) is 3.02. The first kappa shape index (κ1) is 16.1. The van der Waals surface area contributed by atoms with Gasteiger partial charge in [0.15, 0.2) is 5.13 Å². The molecule has 6 nitrogen and oxygen atoms in total. The Balaban J connectivity index is 1.44. The number of hydrogen-bond donors (Lipinski definition) is 1. The lowest BCUT2D eigenvalue weighted by atomic mass is 10.2. The van der Waals surface area contributed by atoms with Crippen LogP contribution in [-0.4, -0.2) is 91.1 Å². The van der Waals surface area contributed by atoms with E-state index in [1.54, 1.807) is 11.3 Å². The van der Waals surface area contributed by atoms with E-state index in [0.717, 1.165) is 64.2 Å². The lowest BCUT2D eigenvalue weighted by Crippen LogP contribution is -2.54. The molecule has 1 aromatic heterocycles. The van der Waals surface area contributed by atoms with E-state index in [1.165, 1.54) is 0 Å². The molecule has 0 radical (unpaired) electrons. The Morgan fingerprint density at radius 1 is 1.27 bits per heavy atom. The molecule has 0 aliphatic carbocycles. The SMILES string of the molecule is C[C@H]1CN(C[C@H](O)CN2CCOCC2)CCN1c1nccs1. The first-order chi connectivity index (χ1) is 10.7. The Bertz CT molecular complexity index is 439. The van der Waals surface area contributed by atoms with Gasteiger partial charge in [0.05, 0.1) is 19.3 Å². The molecule has 2 saturated heterocycles. The van der Waals surface area contributed by atoms with Crippen molar-refractivity contribution in [2.75, 3.05) is 63.9 Å². The number of ether oxygens (including phenoxy) is 1. The summed E-state index contributed by atoms with van der Waals surface area (Å²) in [6.07, 6.45) is 1.59. The molecule has 0 saturated carbocycles. The molecule has 0 bridgehead atoms. The standard InChI is InChI=1S/C15H26N4O2S/c1-13-10-18(3-4-19(13)15-16-2-9-22-15)12-14(20)11-17-5-7-21-8-6-17/h2,9,13-14,20H,3-8,10-12H2,1H3/t13-,14+/m0/s1. The van der Waals surface area contributed by atoms with Gasteiger partial charge in [0, 0.05) is 63.4 Å². The van der Waals surface area contributed by atoms with E-state index in [-0.39, 0.29) is 6.10 Å². The molecular formula is C15H26N4O2S. The van der Waals surface area contributed by atoms with Crippen LogP contribution in [0.5, 0.6) is 0 Å². The summed E-state index contributed by atoms with van der Waals surface area (Å²) < 4.78 is 5.35. The first-order valence-corrected chi connectivity index (χ1v) is 8.97. The molecule has 22 heavy (non-hydrogen) atoms. The number of rotatable bonds is 5. The van der Waals surface area contributed by atoms with Crippen molar-refractivity contribution in [2.24, 2.45) is 0 Å². The van der Waals surface area contributed by atoms with Crippen LogP contribution in [0.15, 0.2) is 11.6 Å². The molecule has 0 aromatic carbocycles. The van der Waals surface area contributed by atoms with E-state index < -0.39 is 0 Å².